The molecule has 3 nitrogen and oxygen atoms in total. The van der Waals surface area contributed by atoms with Gasteiger partial charge in [-0.1, -0.05) is 12.8 Å². The van der Waals surface area contributed by atoms with Crippen LogP contribution in [0.1, 0.15) is 44.9 Å². The number of unbranched alkanes of at least 4 members (excludes halogenated alkanes) is 3. The molecule has 2 fully saturated rings. The van der Waals surface area contributed by atoms with Crippen LogP contribution in [0.5, 0.6) is 0 Å². The van der Waals surface area contributed by atoms with E-state index in [2.05, 4.69) is 10.2 Å². The van der Waals surface area contributed by atoms with Crippen molar-refractivity contribution < 1.29 is 4.74 Å². The molecule has 1 saturated heterocycles. The average Bonchev–Trinajstić information content (AvgIpc) is 2.82. The molecule has 0 bridgehead atoms. The van der Waals surface area contributed by atoms with Crippen LogP contribution in [0.4, 0.5) is 0 Å². The van der Waals surface area contributed by atoms with Crippen LogP contribution in [0.25, 0.3) is 0 Å². The molecule has 2 aliphatic rings. The third-order valence-electron chi connectivity index (χ3n) is 4.22. The van der Waals surface area contributed by atoms with Crippen LogP contribution >= 0.6 is 0 Å². The molecule has 0 aromatic carbocycles. The Kier molecular flexibility index (Phi) is 5.75. The highest BCUT2D eigenvalue weighted by Gasteiger charge is 2.35. The Hall–Kier alpha value is -0.120. The first-order valence-electron chi connectivity index (χ1n) is 7.42. The van der Waals surface area contributed by atoms with Gasteiger partial charge in [-0.3, -0.25) is 4.90 Å². The molecule has 0 aromatic rings. The van der Waals surface area contributed by atoms with Crippen LogP contribution in [-0.2, 0) is 4.74 Å². The molecule has 2 atom stereocenters. The molecule has 1 aliphatic carbocycles. The summed E-state index contributed by atoms with van der Waals surface area (Å²) in [4.78, 5) is 2.69. The molecule has 3 heteroatoms. The van der Waals surface area contributed by atoms with E-state index in [4.69, 9.17) is 4.74 Å². The molecular weight excluding hydrogens is 212 g/mol. The van der Waals surface area contributed by atoms with Gasteiger partial charge in [-0.2, -0.15) is 0 Å². The molecule has 1 aliphatic heterocycles. The Bertz CT molecular complexity index is 210. The van der Waals surface area contributed by atoms with Gasteiger partial charge < -0.3 is 10.1 Å². The van der Waals surface area contributed by atoms with Gasteiger partial charge in [0.05, 0.1) is 12.7 Å². The summed E-state index contributed by atoms with van der Waals surface area (Å²) < 4.78 is 5.84. The maximum absolute atomic E-state index is 5.84. The van der Waals surface area contributed by atoms with Crippen molar-refractivity contribution >= 4 is 0 Å². The number of hydrogen-bond donors (Lipinski definition) is 1. The molecule has 1 N–H and O–H groups in total. The summed E-state index contributed by atoms with van der Waals surface area (Å²) in [5.41, 5.74) is 0. The highest BCUT2D eigenvalue weighted by molar-refractivity contribution is 4.89. The van der Waals surface area contributed by atoms with Crippen LogP contribution in [0.2, 0.25) is 0 Å². The fraction of sp³-hybridized carbons (Fsp3) is 1.00. The van der Waals surface area contributed by atoms with E-state index >= 15 is 0 Å². The van der Waals surface area contributed by atoms with Crippen molar-refractivity contribution in [1.29, 1.82) is 0 Å². The van der Waals surface area contributed by atoms with E-state index in [9.17, 15) is 0 Å². The zero-order valence-electron chi connectivity index (χ0n) is 11.3. The second-order valence-electron chi connectivity index (χ2n) is 5.46. The minimum Gasteiger partial charge on any atom is -0.375 e. The maximum Gasteiger partial charge on any atom is 0.0730 e. The highest BCUT2D eigenvalue weighted by atomic mass is 16.5. The SMILES string of the molecule is CNCCCCCCN1CCOC2CCCC21. The predicted octanol–water partition coefficient (Wildman–Crippen LogP) is 2.02. The molecule has 100 valence electrons. The van der Waals surface area contributed by atoms with Gasteiger partial charge in [0, 0.05) is 12.6 Å². The van der Waals surface area contributed by atoms with E-state index in [1.807, 2.05) is 7.05 Å². The highest BCUT2D eigenvalue weighted by Crippen LogP contribution is 2.29. The fourth-order valence-electron chi connectivity index (χ4n) is 3.25. The Morgan fingerprint density at radius 1 is 1.18 bits per heavy atom. The molecule has 1 heterocycles. The summed E-state index contributed by atoms with van der Waals surface area (Å²) in [6.45, 7) is 4.59. The van der Waals surface area contributed by atoms with E-state index in [0.29, 0.717) is 6.10 Å². The van der Waals surface area contributed by atoms with Crippen LogP contribution in [0, 0.1) is 0 Å². The second-order valence-corrected chi connectivity index (χ2v) is 5.46. The van der Waals surface area contributed by atoms with E-state index in [-0.39, 0.29) is 0 Å². The summed E-state index contributed by atoms with van der Waals surface area (Å²) >= 11 is 0. The normalized spacial score (nSPS) is 29.5. The van der Waals surface area contributed by atoms with Crippen molar-refractivity contribution in [3.8, 4) is 0 Å². The summed E-state index contributed by atoms with van der Waals surface area (Å²) in [6, 6.07) is 0.751. The predicted molar refractivity (Wildman–Crippen MR) is 71.3 cm³/mol. The van der Waals surface area contributed by atoms with E-state index in [0.717, 1.165) is 19.2 Å². The van der Waals surface area contributed by atoms with Crippen molar-refractivity contribution in [2.45, 2.75) is 57.1 Å². The lowest BCUT2D eigenvalue weighted by molar-refractivity contribution is -0.0558. The third-order valence-corrected chi connectivity index (χ3v) is 4.22. The molecule has 2 rings (SSSR count). The number of morpholine rings is 1. The standard InChI is InChI=1S/C14H28N2O/c1-15-9-4-2-3-5-10-16-11-12-17-14-8-6-7-13(14)16/h13-15H,2-12H2,1H3. The van der Waals surface area contributed by atoms with Gasteiger partial charge in [0.1, 0.15) is 0 Å². The lowest BCUT2D eigenvalue weighted by Gasteiger charge is -2.37. The Labute approximate surface area is 106 Å². The van der Waals surface area contributed by atoms with Crippen molar-refractivity contribution in [2.24, 2.45) is 0 Å². The van der Waals surface area contributed by atoms with Gasteiger partial charge in [0.2, 0.25) is 0 Å². The molecule has 17 heavy (non-hydrogen) atoms. The lowest BCUT2D eigenvalue weighted by atomic mass is 10.1. The van der Waals surface area contributed by atoms with Crippen molar-refractivity contribution in [3.63, 3.8) is 0 Å². The smallest absolute Gasteiger partial charge is 0.0730 e. The van der Waals surface area contributed by atoms with E-state index in [1.54, 1.807) is 0 Å². The number of nitrogens with zero attached hydrogens (tertiary/aromatic N) is 1. The first kappa shape index (κ1) is 13.3. The first-order chi connectivity index (χ1) is 8.42. The van der Waals surface area contributed by atoms with Gasteiger partial charge in [-0.05, 0) is 52.2 Å². The van der Waals surface area contributed by atoms with Gasteiger partial charge in [0.25, 0.3) is 0 Å². The van der Waals surface area contributed by atoms with Crippen LogP contribution in [0.15, 0.2) is 0 Å². The van der Waals surface area contributed by atoms with Gasteiger partial charge in [-0.15, -0.1) is 0 Å². The van der Waals surface area contributed by atoms with Crippen molar-refractivity contribution in [2.75, 3.05) is 33.3 Å². The number of fused-ring (bicyclic) bond motifs is 1. The van der Waals surface area contributed by atoms with Crippen LogP contribution < -0.4 is 5.32 Å². The molecule has 0 radical (unpaired) electrons. The van der Waals surface area contributed by atoms with E-state index in [1.165, 1.54) is 58.0 Å². The molecular formula is C14H28N2O. The fourth-order valence-corrected chi connectivity index (χ4v) is 3.25. The number of nitrogens with one attached hydrogen (secondary N) is 1. The number of rotatable bonds is 7. The second kappa shape index (κ2) is 7.34. The summed E-state index contributed by atoms with van der Waals surface area (Å²) in [6.07, 6.45) is 10.0. The Balaban J connectivity index is 1.58. The van der Waals surface area contributed by atoms with Gasteiger partial charge in [-0.25, -0.2) is 0 Å². The largest absolute Gasteiger partial charge is 0.375 e. The minimum absolute atomic E-state index is 0.563. The monoisotopic (exact) mass is 240 g/mol. The quantitative estimate of drug-likeness (QED) is 0.689. The Morgan fingerprint density at radius 2 is 2.06 bits per heavy atom. The third kappa shape index (κ3) is 3.94. The molecule has 0 amide bonds. The zero-order valence-corrected chi connectivity index (χ0v) is 11.3. The topological polar surface area (TPSA) is 24.5 Å². The van der Waals surface area contributed by atoms with E-state index < -0.39 is 0 Å². The maximum atomic E-state index is 5.84. The summed E-state index contributed by atoms with van der Waals surface area (Å²) in [7, 11) is 2.04. The molecule has 0 aromatic heterocycles. The number of ether oxygens (including phenoxy) is 1. The summed E-state index contributed by atoms with van der Waals surface area (Å²) in [5, 5.41) is 3.21. The first-order valence-corrected chi connectivity index (χ1v) is 7.42. The van der Waals surface area contributed by atoms with Gasteiger partial charge in [0.15, 0.2) is 0 Å². The van der Waals surface area contributed by atoms with Crippen LogP contribution in [0.3, 0.4) is 0 Å². The van der Waals surface area contributed by atoms with Crippen molar-refractivity contribution in [3.05, 3.63) is 0 Å². The summed E-state index contributed by atoms with van der Waals surface area (Å²) in [5.74, 6) is 0. The van der Waals surface area contributed by atoms with Gasteiger partial charge >= 0.3 is 0 Å². The zero-order chi connectivity index (χ0) is 11.9. The molecule has 0 spiro atoms. The minimum atomic E-state index is 0.563. The molecule has 1 saturated carbocycles. The van der Waals surface area contributed by atoms with Crippen molar-refractivity contribution in [1.82, 2.24) is 10.2 Å². The molecule has 2 unspecified atom stereocenters. The lowest BCUT2D eigenvalue weighted by Crippen LogP contribution is -2.48. The van der Waals surface area contributed by atoms with Crippen LogP contribution in [-0.4, -0.2) is 50.3 Å². The average molecular weight is 240 g/mol. The Morgan fingerprint density at radius 3 is 2.94 bits per heavy atom. The number of hydrogen-bond acceptors (Lipinski definition) is 3.